The minimum atomic E-state index is -0.367. The molecule has 2 rings (SSSR count). The number of nitrogens with one attached hydrogen (secondary N) is 2. The molecule has 2 heterocycles. The van der Waals surface area contributed by atoms with E-state index in [1.807, 2.05) is 0 Å². The third-order valence-electron chi connectivity index (χ3n) is 2.44. The van der Waals surface area contributed by atoms with E-state index in [1.54, 1.807) is 25.1 Å². The number of rotatable bonds is 4. The van der Waals surface area contributed by atoms with Gasteiger partial charge in [-0.2, -0.15) is 4.98 Å². The molecule has 0 fully saturated rings. The monoisotopic (exact) mass is 274 g/mol. The molecule has 8 heteroatoms. The fourth-order valence-electron chi connectivity index (χ4n) is 1.49. The summed E-state index contributed by atoms with van der Waals surface area (Å²) in [6.45, 7) is 1.78. The van der Waals surface area contributed by atoms with Crippen LogP contribution in [0.15, 0.2) is 24.4 Å². The average molecular weight is 274 g/mol. The van der Waals surface area contributed by atoms with Crippen LogP contribution in [-0.2, 0) is 0 Å². The minimum Gasteiger partial charge on any atom is -0.481 e. The van der Waals surface area contributed by atoms with Gasteiger partial charge >= 0.3 is 0 Å². The Hall–Kier alpha value is -2.74. The fourth-order valence-corrected chi connectivity index (χ4v) is 1.49. The Labute approximate surface area is 115 Å². The third kappa shape index (κ3) is 3.18. The first-order chi connectivity index (χ1) is 9.62. The summed E-state index contributed by atoms with van der Waals surface area (Å²) in [6, 6.07) is 4.84. The van der Waals surface area contributed by atoms with Crippen molar-refractivity contribution in [3.63, 3.8) is 0 Å². The highest BCUT2D eigenvalue weighted by molar-refractivity contribution is 6.03. The van der Waals surface area contributed by atoms with E-state index in [9.17, 15) is 4.79 Å². The first-order valence-electron chi connectivity index (χ1n) is 5.76. The Bertz CT molecular complexity index is 614. The van der Waals surface area contributed by atoms with E-state index >= 15 is 0 Å². The topological polar surface area (TPSA) is 115 Å². The van der Waals surface area contributed by atoms with Gasteiger partial charge in [-0.15, -0.1) is 0 Å². The zero-order valence-corrected chi connectivity index (χ0v) is 11.0. The molecule has 0 aromatic carbocycles. The van der Waals surface area contributed by atoms with E-state index in [2.05, 4.69) is 25.7 Å². The van der Waals surface area contributed by atoms with Gasteiger partial charge in [0.05, 0.1) is 12.7 Å². The van der Waals surface area contributed by atoms with Crippen LogP contribution in [0.4, 0.5) is 11.8 Å². The van der Waals surface area contributed by atoms with Crippen LogP contribution in [0.25, 0.3) is 0 Å². The second-order valence-corrected chi connectivity index (χ2v) is 3.91. The maximum Gasteiger partial charge on any atom is 0.259 e. The van der Waals surface area contributed by atoms with Crippen molar-refractivity contribution in [1.29, 1.82) is 0 Å². The number of hydrazine groups is 1. The number of ether oxygens (including phenoxy) is 1. The Kier molecular flexibility index (Phi) is 4.06. The summed E-state index contributed by atoms with van der Waals surface area (Å²) in [7, 11) is 1.50. The highest BCUT2D eigenvalue weighted by atomic mass is 16.5. The maximum atomic E-state index is 12.0. The van der Waals surface area contributed by atoms with Crippen LogP contribution in [-0.4, -0.2) is 28.0 Å². The van der Waals surface area contributed by atoms with E-state index in [1.165, 1.54) is 13.3 Å². The lowest BCUT2D eigenvalue weighted by molar-refractivity contribution is 0.102. The Morgan fingerprint density at radius 1 is 1.35 bits per heavy atom. The van der Waals surface area contributed by atoms with E-state index in [0.29, 0.717) is 23.0 Å². The van der Waals surface area contributed by atoms with Gasteiger partial charge < -0.3 is 10.2 Å². The molecule has 4 N–H and O–H groups in total. The number of hydrogen-bond donors (Lipinski definition) is 3. The number of carbonyl (C=O) groups is 1. The molecule has 0 atom stereocenters. The van der Waals surface area contributed by atoms with Gasteiger partial charge in [-0.25, -0.2) is 15.8 Å². The lowest BCUT2D eigenvalue weighted by atomic mass is 10.2. The predicted molar refractivity (Wildman–Crippen MR) is 73.3 cm³/mol. The van der Waals surface area contributed by atoms with Crippen LogP contribution in [0.3, 0.4) is 0 Å². The van der Waals surface area contributed by atoms with Crippen LogP contribution in [0.5, 0.6) is 5.88 Å². The number of amides is 1. The summed E-state index contributed by atoms with van der Waals surface area (Å²) in [5, 5.41) is 2.58. The smallest absolute Gasteiger partial charge is 0.259 e. The van der Waals surface area contributed by atoms with E-state index in [0.717, 1.165) is 0 Å². The second kappa shape index (κ2) is 5.93. The van der Waals surface area contributed by atoms with Crippen LogP contribution in [0, 0.1) is 6.92 Å². The summed E-state index contributed by atoms with van der Waals surface area (Å²) < 4.78 is 5.02. The lowest BCUT2D eigenvalue weighted by Crippen LogP contribution is -2.16. The van der Waals surface area contributed by atoms with Gasteiger partial charge in [-0.1, -0.05) is 0 Å². The Morgan fingerprint density at radius 2 is 2.15 bits per heavy atom. The molecule has 0 saturated heterocycles. The molecule has 8 nitrogen and oxygen atoms in total. The zero-order valence-electron chi connectivity index (χ0n) is 11.0. The predicted octanol–water partition coefficient (Wildman–Crippen LogP) is 0.727. The van der Waals surface area contributed by atoms with E-state index in [-0.39, 0.29) is 11.9 Å². The quantitative estimate of drug-likeness (QED) is 0.556. The van der Waals surface area contributed by atoms with Crippen LogP contribution in [0.1, 0.15) is 16.1 Å². The van der Waals surface area contributed by atoms with Gasteiger partial charge in [0.15, 0.2) is 0 Å². The Balaban J connectivity index is 2.16. The van der Waals surface area contributed by atoms with Gasteiger partial charge in [-0.3, -0.25) is 10.1 Å². The SMILES string of the molecule is COc1cc(C)nc(NC(=O)c2ccc(NN)nc2)n1. The molecule has 1 amide bonds. The standard InChI is InChI=1S/C12H14N6O2/c1-7-5-10(20-2)16-12(15-7)17-11(19)8-3-4-9(18-13)14-6-8/h3-6H,13H2,1-2H3,(H,14,18)(H,15,16,17,19). The fraction of sp³-hybridized carbons (Fsp3) is 0.167. The number of nitrogen functional groups attached to an aromatic ring is 1. The number of methoxy groups -OCH3 is 1. The van der Waals surface area contributed by atoms with Crippen LogP contribution >= 0.6 is 0 Å². The molecule has 0 saturated carbocycles. The van der Waals surface area contributed by atoms with Crippen molar-refractivity contribution in [2.75, 3.05) is 17.9 Å². The highest BCUT2D eigenvalue weighted by Gasteiger charge is 2.10. The number of hydrogen-bond acceptors (Lipinski definition) is 7. The van der Waals surface area contributed by atoms with Gasteiger partial charge in [-0.05, 0) is 19.1 Å². The normalized spacial score (nSPS) is 9.95. The molecule has 0 radical (unpaired) electrons. The first-order valence-corrected chi connectivity index (χ1v) is 5.76. The summed E-state index contributed by atoms with van der Waals surface area (Å²) in [4.78, 5) is 24.1. The molecule has 2 aromatic heterocycles. The van der Waals surface area contributed by atoms with E-state index < -0.39 is 0 Å². The van der Waals surface area contributed by atoms with Gasteiger partial charge in [0.2, 0.25) is 11.8 Å². The molecule has 104 valence electrons. The molecule has 20 heavy (non-hydrogen) atoms. The number of pyridine rings is 1. The molecule has 0 bridgehead atoms. The van der Waals surface area contributed by atoms with Crippen molar-refractivity contribution >= 4 is 17.7 Å². The van der Waals surface area contributed by atoms with Crippen molar-refractivity contribution in [1.82, 2.24) is 15.0 Å². The second-order valence-electron chi connectivity index (χ2n) is 3.91. The molecular formula is C12H14N6O2. The maximum absolute atomic E-state index is 12.0. The molecular weight excluding hydrogens is 260 g/mol. The van der Waals surface area contributed by atoms with Crippen molar-refractivity contribution in [3.05, 3.63) is 35.7 Å². The highest BCUT2D eigenvalue weighted by Crippen LogP contribution is 2.12. The number of nitrogens with zero attached hydrogens (tertiary/aromatic N) is 3. The third-order valence-corrected chi connectivity index (χ3v) is 2.44. The van der Waals surface area contributed by atoms with Crippen LogP contribution < -0.4 is 21.3 Å². The average Bonchev–Trinajstić information content (AvgIpc) is 2.46. The molecule has 0 unspecified atom stereocenters. The number of anilines is 2. The molecule has 0 aliphatic heterocycles. The number of aryl methyl sites for hydroxylation is 1. The number of aromatic nitrogens is 3. The Morgan fingerprint density at radius 3 is 2.75 bits per heavy atom. The molecule has 2 aromatic rings. The summed E-state index contributed by atoms with van der Waals surface area (Å²) >= 11 is 0. The summed E-state index contributed by atoms with van der Waals surface area (Å²) in [6.07, 6.45) is 1.40. The van der Waals surface area contributed by atoms with Crippen molar-refractivity contribution in [3.8, 4) is 5.88 Å². The van der Waals surface area contributed by atoms with Gasteiger partial charge in [0.1, 0.15) is 5.82 Å². The molecule has 0 spiro atoms. The largest absolute Gasteiger partial charge is 0.481 e. The zero-order chi connectivity index (χ0) is 14.5. The van der Waals surface area contributed by atoms with Crippen molar-refractivity contribution < 1.29 is 9.53 Å². The number of nitrogens with two attached hydrogens (primary N) is 1. The van der Waals surface area contributed by atoms with E-state index in [4.69, 9.17) is 10.6 Å². The van der Waals surface area contributed by atoms with Crippen molar-refractivity contribution in [2.24, 2.45) is 5.84 Å². The summed E-state index contributed by atoms with van der Waals surface area (Å²) in [5.74, 6) is 5.86. The number of carbonyl (C=O) groups excluding carboxylic acids is 1. The van der Waals surface area contributed by atoms with Gasteiger partial charge in [0, 0.05) is 18.0 Å². The van der Waals surface area contributed by atoms with Crippen LogP contribution in [0.2, 0.25) is 0 Å². The van der Waals surface area contributed by atoms with Gasteiger partial charge in [0.25, 0.3) is 5.91 Å². The summed E-state index contributed by atoms with van der Waals surface area (Å²) in [5.41, 5.74) is 3.44. The molecule has 0 aliphatic rings. The first kappa shape index (κ1) is 13.7. The lowest BCUT2D eigenvalue weighted by Gasteiger charge is -2.06. The van der Waals surface area contributed by atoms with Crippen molar-refractivity contribution in [2.45, 2.75) is 6.92 Å². The molecule has 0 aliphatic carbocycles. The minimum absolute atomic E-state index is 0.174.